The molecule has 0 aliphatic carbocycles. The predicted molar refractivity (Wildman–Crippen MR) is 73.4 cm³/mol. The number of halogens is 1. The maximum Gasteiger partial charge on any atom is 0.119 e. The molecule has 0 aromatic heterocycles. The van der Waals surface area contributed by atoms with Crippen LogP contribution in [0.3, 0.4) is 0 Å². The molecule has 0 saturated heterocycles. The number of ether oxygens (including phenoxy) is 1. The van der Waals surface area contributed by atoms with E-state index in [1.54, 1.807) is 12.1 Å². The SMILES string of the molecule is CC(C)(C)C(CBr)COc1ccc(C#N)cc1. The Morgan fingerprint density at radius 2 is 1.88 bits per heavy atom. The Balaban J connectivity index is 2.57. The molecule has 0 bridgehead atoms. The van der Waals surface area contributed by atoms with Crippen molar-refractivity contribution in [1.82, 2.24) is 0 Å². The second-order valence-electron chi connectivity index (χ2n) is 5.16. The van der Waals surface area contributed by atoms with Crippen molar-refractivity contribution in [3.8, 4) is 11.8 Å². The van der Waals surface area contributed by atoms with Crippen LogP contribution in [0.1, 0.15) is 26.3 Å². The van der Waals surface area contributed by atoms with E-state index >= 15 is 0 Å². The number of nitrogens with zero attached hydrogens (tertiary/aromatic N) is 1. The zero-order valence-electron chi connectivity index (χ0n) is 10.5. The Bertz CT molecular complexity index is 386. The third-order valence-corrected chi connectivity index (χ3v) is 3.63. The van der Waals surface area contributed by atoms with Gasteiger partial charge in [0.2, 0.25) is 0 Å². The zero-order valence-corrected chi connectivity index (χ0v) is 12.1. The maximum atomic E-state index is 8.69. The molecule has 0 amide bonds. The highest BCUT2D eigenvalue weighted by Gasteiger charge is 2.24. The van der Waals surface area contributed by atoms with Crippen molar-refractivity contribution in [2.75, 3.05) is 11.9 Å². The van der Waals surface area contributed by atoms with E-state index in [2.05, 4.69) is 42.8 Å². The van der Waals surface area contributed by atoms with Crippen molar-refractivity contribution in [3.05, 3.63) is 29.8 Å². The van der Waals surface area contributed by atoms with Gasteiger partial charge in [-0.15, -0.1) is 0 Å². The van der Waals surface area contributed by atoms with E-state index in [0.29, 0.717) is 18.1 Å². The Labute approximate surface area is 112 Å². The fourth-order valence-corrected chi connectivity index (χ4v) is 2.51. The van der Waals surface area contributed by atoms with Crippen LogP contribution in [0.2, 0.25) is 0 Å². The van der Waals surface area contributed by atoms with E-state index in [0.717, 1.165) is 11.1 Å². The molecule has 0 spiro atoms. The number of nitriles is 1. The van der Waals surface area contributed by atoms with Crippen molar-refractivity contribution in [1.29, 1.82) is 5.26 Å². The van der Waals surface area contributed by atoms with Gasteiger partial charge in [0.05, 0.1) is 18.2 Å². The van der Waals surface area contributed by atoms with E-state index in [1.165, 1.54) is 0 Å². The van der Waals surface area contributed by atoms with Crippen molar-refractivity contribution in [2.45, 2.75) is 20.8 Å². The van der Waals surface area contributed by atoms with Crippen LogP contribution < -0.4 is 4.74 Å². The Hall–Kier alpha value is -1.01. The molecule has 1 atom stereocenters. The van der Waals surface area contributed by atoms with E-state index in [1.807, 2.05) is 12.1 Å². The first kappa shape index (κ1) is 14.1. The summed E-state index contributed by atoms with van der Waals surface area (Å²) < 4.78 is 5.75. The summed E-state index contributed by atoms with van der Waals surface area (Å²) in [6, 6.07) is 9.32. The van der Waals surface area contributed by atoms with E-state index in [4.69, 9.17) is 10.00 Å². The highest BCUT2D eigenvalue weighted by atomic mass is 79.9. The summed E-state index contributed by atoms with van der Waals surface area (Å²) in [5, 5.41) is 9.62. The van der Waals surface area contributed by atoms with Crippen LogP contribution in [0.15, 0.2) is 24.3 Å². The second-order valence-corrected chi connectivity index (χ2v) is 5.81. The normalized spacial score (nSPS) is 12.9. The van der Waals surface area contributed by atoms with Gasteiger partial charge in [-0.05, 0) is 29.7 Å². The molecular formula is C14H18BrNO. The van der Waals surface area contributed by atoms with Gasteiger partial charge < -0.3 is 4.74 Å². The summed E-state index contributed by atoms with van der Waals surface area (Å²) in [6.45, 7) is 7.31. The average molecular weight is 296 g/mol. The first-order valence-corrected chi connectivity index (χ1v) is 6.78. The van der Waals surface area contributed by atoms with Gasteiger partial charge in [-0.25, -0.2) is 0 Å². The van der Waals surface area contributed by atoms with E-state index < -0.39 is 0 Å². The lowest BCUT2D eigenvalue weighted by atomic mass is 9.83. The predicted octanol–water partition coefficient (Wildman–Crippen LogP) is 3.99. The number of benzene rings is 1. The quantitative estimate of drug-likeness (QED) is 0.787. The van der Waals surface area contributed by atoms with Crippen LogP contribution in [0, 0.1) is 22.7 Å². The zero-order chi connectivity index (χ0) is 12.9. The van der Waals surface area contributed by atoms with Crippen molar-refractivity contribution >= 4 is 15.9 Å². The van der Waals surface area contributed by atoms with E-state index in [9.17, 15) is 0 Å². The summed E-state index contributed by atoms with van der Waals surface area (Å²) in [5.74, 6) is 1.28. The monoisotopic (exact) mass is 295 g/mol. The maximum absolute atomic E-state index is 8.69. The van der Waals surface area contributed by atoms with Gasteiger partial charge in [0.1, 0.15) is 5.75 Å². The van der Waals surface area contributed by atoms with Crippen LogP contribution in [-0.2, 0) is 0 Å². The Morgan fingerprint density at radius 3 is 2.29 bits per heavy atom. The molecule has 1 unspecified atom stereocenters. The van der Waals surface area contributed by atoms with Crippen molar-refractivity contribution in [3.63, 3.8) is 0 Å². The first-order valence-electron chi connectivity index (χ1n) is 5.66. The lowest BCUT2D eigenvalue weighted by Crippen LogP contribution is -2.27. The fourth-order valence-electron chi connectivity index (χ4n) is 1.35. The molecule has 0 N–H and O–H groups in total. The van der Waals surface area contributed by atoms with Crippen LogP contribution in [0.5, 0.6) is 5.75 Å². The molecule has 0 aliphatic heterocycles. The Kier molecular flexibility index (Phi) is 5.02. The first-order chi connectivity index (χ1) is 7.97. The summed E-state index contributed by atoms with van der Waals surface area (Å²) in [7, 11) is 0. The summed E-state index contributed by atoms with van der Waals surface area (Å²) >= 11 is 3.52. The minimum absolute atomic E-state index is 0.218. The molecule has 1 rings (SSSR count). The number of alkyl halides is 1. The van der Waals surface area contributed by atoms with Gasteiger partial charge in [-0.3, -0.25) is 0 Å². The van der Waals surface area contributed by atoms with Gasteiger partial charge in [0.25, 0.3) is 0 Å². The molecule has 1 aromatic rings. The molecule has 0 aliphatic rings. The average Bonchev–Trinajstić information content (AvgIpc) is 2.29. The third-order valence-electron chi connectivity index (χ3n) is 2.85. The topological polar surface area (TPSA) is 33.0 Å². The second kappa shape index (κ2) is 6.07. The smallest absolute Gasteiger partial charge is 0.119 e. The lowest BCUT2D eigenvalue weighted by Gasteiger charge is -2.28. The highest BCUT2D eigenvalue weighted by Crippen LogP contribution is 2.28. The molecule has 0 heterocycles. The summed E-state index contributed by atoms with van der Waals surface area (Å²) in [6.07, 6.45) is 0. The van der Waals surface area contributed by atoms with Crippen LogP contribution >= 0.6 is 15.9 Å². The fraction of sp³-hybridized carbons (Fsp3) is 0.500. The number of hydrogen-bond acceptors (Lipinski definition) is 2. The third kappa shape index (κ3) is 4.40. The highest BCUT2D eigenvalue weighted by molar-refractivity contribution is 9.09. The largest absolute Gasteiger partial charge is 0.493 e. The molecule has 2 nitrogen and oxygen atoms in total. The number of rotatable bonds is 4. The van der Waals surface area contributed by atoms with Gasteiger partial charge >= 0.3 is 0 Å². The minimum atomic E-state index is 0.218. The van der Waals surface area contributed by atoms with Gasteiger partial charge in [-0.1, -0.05) is 36.7 Å². The number of hydrogen-bond donors (Lipinski definition) is 0. The molecule has 92 valence electrons. The van der Waals surface area contributed by atoms with Crippen LogP contribution in [0.25, 0.3) is 0 Å². The molecule has 0 saturated carbocycles. The van der Waals surface area contributed by atoms with Crippen LogP contribution in [-0.4, -0.2) is 11.9 Å². The van der Waals surface area contributed by atoms with Gasteiger partial charge in [0, 0.05) is 11.2 Å². The molecule has 0 fully saturated rings. The molecule has 1 aromatic carbocycles. The molecule has 17 heavy (non-hydrogen) atoms. The van der Waals surface area contributed by atoms with E-state index in [-0.39, 0.29) is 5.41 Å². The standard InChI is InChI=1S/C14H18BrNO/c1-14(2,3)12(8-15)10-17-13-6-4-11(9-16)5-7-13/h4-7,12H,8,10H2,1-3H3. The van der Waals surface area contributed by atoms with Crippen LogP contribution in [0.4, 0.5) is 0 Å². The van der Waals surface area contributed by atoms with Gasteiger partial charge in [-0.2, -0.15) is 5.26 Å². The minimum Gasteiger partial charge on any atom is -0.493 e. The van der Waals surface area contributed by atoms with Gasteiger partial charge in [0.15, 0.2) is 0 Å². The summed E-state index contributed by atoms with van der Waals surface area (Å²) in [5.41, 5.74) is 0.876. The Morgan fingerprint density at radius 1 is 1.29 bits per heavy atom. The van der Waals surface area contributed by atoms with Crippen molar-refractivity contribution < 1.29 is 4.74 Å². The lowest BCUT2D eigenvalue weighted by molar-refractivity contribution is 0.166. The molecular weight excluding hydrogens is 278 g/mol. The van der Waals surface area contributed by atoms with Crippen molar-refractivity contribution in [2.24, 2.45) is 11.3 Å². The molecule has 0 radical (unpaired) electrons. The summed E-state index contributed by atoms with van der Waals surface area (Å²) in [4.78, 5) is 0. The molecule has 3 heteroatoms.